The molecule has 0 saturated heterocycles. The van der Waals surface area contributed by atoms with Gasteiger partial charge in [0.25, 0.3) is 0 Å². The van der Waals surface area contributed by atoms with Gasteiger partial charge >= 0.3 is 0 Å². The molecule has 138 valence electrons. The van der Waals surface area contributed by atoms with Crippen molar-refractivity contribution in [3.05, 3.63) is 48.3 Å². The zero-order valence-electron chi connectivity index (χ0n) is 14.7. The van der Waals surface area contributed by atoms with Crippen LogP contribution in [-0.2, 0) is 10.2 Å². The maximum atomic E-state index is 13.5. The van der Waals surface area contributed by atoms with E-state index in [2.05, 4.69) is 22.2 Å². The Morgan fingerprint density at radius 2 is 2.12 bits per heavy atom. The largest absolute Gasteiger partial charge is 0.355 e. The second kappa shape index (κ2) is 9.74. The Morgan fingerprint density at radius 3 is 2.68 bits per heavy atom. The molecule has 1 amide bonds. The SMILES string of the molecule is C=CCNC(=NCC(=O)N(C)C)NCC1(c2cccc(F)c2)CC1.I. The number of likely N-dealkylation sites (N-methyl/N-ethyl adjacent to an activating group) is 1. The molecule has 1 aromatic carbocycles. The lowest BCUT2D eigenvalue weighted by atomic mass is 9.96. The van der Waals surface area contributed by atoms with Crippen LogP contribution in [0.25, 0.3) is 0 Å². The molecule has 1 aliphatic carbocycles. The monoisotopic (exact) mass is 460 g/mol. The standard InChI is InChI=1S/C18H25FN4O.HI/c1-4-10-20-17(21-12-16(24)23(2)3)22-13-18(8-9-18)14-6-5-7-15(19)11-14;/h4-7,11H,1,8-10,12-13H2,2-3H3,(H2,20,21,22);1H. The van der Waals surface area contributed by atoms with E-state index < -0.39 is 0 Å². The topological polar surface area (TPSA) is 56.7 Å². The molecule has 25 heavy (non-hydrogen) atoms. The van der Waals surface area contributed by atoms with Gasteiger partial charge in [0.2, 0.25) is 5.91 Å². The van der Waals surface area contributed by atoms with Crippen molar-refractivity contribution in [2.75, 3.05) is 33.7 Å². The number of nitrogens with zero attached hydrogens (tertiary/aromatic N) is 2. The van der Waals surface area contributed by atoms with Crippen LogP contribution in [0.4, 0.5) is 4.39 Å². The van der Waals surface area contributed by atoms with Gasteiger partial charge < -0.3 is 15.5 Å². The summed E-state index contributed by atoms with van der Waals surface area (Å²) < 4.78 is 13.5. The van der Waals surface area contributed by atoms with Gasteiger partial charge in [-0.05, 0) is 30.5 Å². The van der Waals surface area contributed by atoms with Crippen molar-refractivity contribution in [3.8, 4) is 0 Å². The quantitative estimate of drug-likeness (QED) is 0.284. The van der Waals surface area contributed by atoms with E-state index in [-0.39, 0.29) is 47.7 Å². The van der Waals surface area contributed by atoms with E-state index in [0.29, 0.717) is 19.0 Å². The summed E-state index contributed by atoms with van der Waals surface area (Å²) in [5.41, 5.74) is 0.951. The highest BCUT2D eigenvalue weighted by Gasteiger charge is 2.44. The average molecular weight is 460 g/mol. The predicted molar refractivity (Wildman–Crippen MR) is 110 cm³/mol. The van der Waals surface area contributed by atoms with Crippen LogP contribution in [0, 0.1) is 5.82 Å². The minimum Gasteiger partial charge on any atom is -0.355 e. The number of guanidine groups is 1. The molecule has 1 aromatic rings. The molecule has 0 radical (unpaired) electrons. The van der Waals surface area contributed by atoms with E-state index in [1.165, 1.54) is 11.0 Å². The number of benzene rings is 1. The van der Waals surface area contributed by atoms with Crippen LogP contribution in [0.1, 0.15) is 18.4 Å². The Bertz CT molecular complexity index is 629. The normalized spacial score (nSPS) is 14.9. The van der Waals surface area contributed by atoms with E-state index in [0.717, 1.165) is 18.4 Å². The van der Waals surface area contributed by atoms with E-state index in [1.807, 2.05) is 6.07 Å². The van der Waals surface area contributed by atoms with E-state index in [4.69, 9.17) is 0 Å². The molecule has 1 aliphatic rings. The van der Waals surface area contributed by atoms with Crippen molar-refractivity contribution in [1.82, 2.24) is 15.5 Å². The number of hydrogen-bond acceptors (Lipinski definition) is 2. The van der Waals surface area contributed by atoms with Crippen LogP contribution in [0.5, 0.6) is 0 Å². The number of rotatable bonds is 7. The van der Waals surface area contributed by atoms with Gasteiger partial charge in [-0.2, -0.15) is 0 Å². The molecule has 2 rings (SSSR count). The summed E-state index contributed by atoms with van der Waals surface area (Å²) in [5.74, 6) is 0.280. The van der Waals surface area contributed by atoms with Crippen LogP contribution >= 0.6 is 24.0 Å². The second-order valence-electron chi connectivity index (χ2n) is 6.27. The molecule has 0 heterocycles. The number of hydrogen-bond donors (Lipinski definition) is 2. The molecule has 5 nitrogen and oxygen atoms in total. The fraction of sp³-hybridized carbons (Fsp3) is 0.444. The van der Waals surface area contributed by atoms with Crippen LogP contribution in [-0.4, -0.2) is 50.5 Å². The molecule has 1 saturated carbocycles. The first-order valence-corrected chi connectivity index (χ1v) is 8.06. The number of aliphatic imine (C=N–C) groups is 1. The van der Waals surface area contributed by atoms with E-state index >= 15 is 0 Å². The first kappa shape index (κ1) is 21.4. The van der Waals surface area contributed by atoms with Crippen molar-refractivity contribution in [2.24, 2.45) is 4.99 Å². The fourth-order valence-electron chi connectivity index (χ4n) is 2.42. The van der Waals surface area contributed by atoms with Crippen molar-refractivity contribution in [1.29, 1.82) is 0 Å². The molecular formula is C18H26FIN4O. The summed E-state index contributed by atoms with van der Waals surface area (Å²) in [5, 5.41) is 6.37. The van der Waals surface area contributed by atoms with Gasteiger partial charge in [0.1, 0.15) is 12.4 Å². The van der Waals surface area contributed by atoms with Crippen LogP contribution < -0.4 is 10.6 Å². The van der Waals surface area contributed by atoms with Gasteiger partial charge in [-0.25, -0.2) is 9.38 Å². The first-order chi connectivity index (χ1) is 11.5. The molecule has 1 fully saturated rings. The highest BCUT2D eigenvalue weighted by molar-refractivity contribution is 14.0. The maximum Gasteiger partial charge on any atom is 0.243 e. The molecule has 7 heteroatoms. The van der Waals surface area contributed by atoms with Gasteiger partial charge in [-0.15, -0.1) is 30.6 Å². The molecule has 0 bridgehead atoms. The van der Waals surface area contributed by atoms with Crippen molar-refractivity contribution >= 4 is 35.8 Å². The van der Waals surface area contributed by atoms with Crippen LogP contribution in [0.15, 0.2) is 41.9 Å². The van der Waals surface area contributed by atoms with Gasteiger partial charge in [0, 0.05) is 32.6 Å². The number of nitrogens with one attached hydrogen (secondary N) is 2. The van der Waals surface area contributed by atoms with Gasteiger partial charge in [-0.3, -0.25) is 4.79 Å². The number of halogens is 2. The highest BCUT2D eigenvalue weighted by atomic mass is 127. The Morgan fingerprint density at radius 1 is 1.40 bits per heavy atom. The van der Waals surface area contributed by atoms with Gasteiger partial charge in [0.05, 0.1) is 0 Å². The minimum atomic E-state index is -0.214. The molecule has 2 N–H and O–H groups in total. The fourth-order valence-corrected chi connectivity index (χ4v) is 2.42. The summed E-state index contributed by atoms with van der Waals surface area (Å²) in [6.07, 6.45) is 3.74. The smallest absolute Gasteiger partial charge is 0.243 e. The third-order valence-electron chi connectivity index (χ3n) is 4.17. The predicted octanol–water partition coefficient (Wildman–Crippen LogP) is 2.28. The molecule has 0 unspecified atom stereocenters. The minimum absolute atomic E-state index is 0. The molecule has 0 atom stereocenters. The third kappa shape index (κ3) is 6.30. The zero-order chi connectivity index (χ0) is 17.6. The lowest BCUT2D eigenvalue weighted by Gasteiger charge is -2.19. The lowest BCUT2D eigenvalue weighted by Crippen LogP contribution is -2.42. The average Bonchev–Trinajstić information content (AvgIpc) is 3.35. The number of carbonyl (C=O) groups excluding carboxylic acids is 1. The Kier molecular flexibility index (Phi) is 8.34. The molecular weight excluding hydrogens is 434 g/mol. The second-order valence-corrected chi connectivity index (χ2v) is 6.27. The molecule has 0 aromatic heterocycles. The summed E-state index contributed by atoms with van der Waals surface area (Å²) in [7, 11) is 3.40. The van der Waals surface area contributed by atoms with Crippen LogP contribution in [0.3, 0.4) is 0 Å². The summed E-state index contributed by atoms with van der Waals surface area (Å²) in [6, 6.07) is 6.75. The third-order valence-corrected chi connectivity index (χ3v) is 4.17. The summed E-state index contributed by atoms with van der Waals surface area (Å²) in [4.78, 5) is 17.5. The molecule has 0 aliphatic heterocycles. The van der Waals surface area contributed by atoms with Crippen molar-refractivity contribution < 1.29 is 9.18 Å². The first-order valence-electron chi connectivity index (χ1n) is 8.06. The van der Waals surface area contributed by atoms with Gasteiger partial charge in [0.15, 0.2) is 5.96 Å². The van der Waals surface area contributed by atoms with E-state index in [1.54, 1.807) is 32.3 Å². The van der Waals surface area contributed by atoms with Gasteiger partial charge in [-0.1, -0.05) is 18.2 Å². The summed E-state index contributed by atoms with van der Waals surface area (Å²) >= 11 is 0. The highest BCUT2D eigenvalue weighted by Crippen LogP contribution is 2.47. The zero-order valence-corrected chi connectivity index (χ0v) is 17.0. The van der Waals surface area contributed by atoms with Crippen molar-refractivity contribution in [2.45, 2.75) is 18.3 Å². The maximum absolute atomic E-state index is 13.5. The number of carbonyl (C=O) groups is 1. The number of amides is 1. The molecule has 0 spiro atoms. The summed E-state index contributed by atoms with van der Waals surface area (Å²) in [6.45, 7) is 4.95. The lowest BCUT2D eigenvalue weighted by molar-refractivity contribution is -0.127. The van der Waals surface area contributed by atoms with E-state index in [9.17, 15) is 9.18 Å². The Hall–Kier alpha value is -1.64. The Balaban J connectivity index is 0.00000312. The van der Waals surface area contributed by atoms with Crippen LogP contribution in [0.2, 0.25) is 0 Å². The Labute approximate surface area is 165 Å². The van der Waals surface area contributed by atoms with Crippen molar-refractivity contribution in [3.63, 3.8) is 0 Å².